The Kier molecular flexibility index (Phi) is 5.89. The number of allylic oxidation sites excluding steroid dienone is 6. The average Bonchev–Trinajstić information content (AvgIpc) is 2.72. The minimum absolute atomic E-state index is 0.734. The first kappa shape index (κ1) is 17.6. The first-order valence-electron chi connectivity index (χ1n) is 8.78. The van der Waals surface area contributed by atoms with Gasteiger partial charge >= 0.3 is 0 Å². The van der Waals surface area contributed by atoms with Gasteiger partial charge in [-0.05, 0) is 25.5 Å². The molecule has 0 bridgehead atoms. The van der Waals surface area contributed by atoms with Gasteiger partial charge in [0.2, 0.25) is 0 Å². The normalized spacial score (nSPS) is 12.2. The van der Waals surface area contributed by atoms with Crippen molar-refractivity contribution < 1.29 is 0 Å². The third kappa shape index (κ3) is 4.22. The van der Waals surface area contributed by atoms with Crippen molar-refractivity contribution in [1.82, 2.24) is 9.97 Å². The Morgan fingerprint density at radius 1 is 0.769 bits per heavy atom. The van der Waals surface area contributed by atoms with Gasteiger partial charge in [-0.15, -0.1) is 0 Å². The highest BCUT2D eigenvalue weighted by atomic mass is 14.9. The highest BCUT2D eigenvalue weighted by Crippen LogP contribution is 2.26. The smallest absolute Gasteiger partial charge is 0.160 e. The van der Waals surface area contributed by atoms with Crippen molar-refractivity contribution in [2.75, 3.05) is 0 Å². The van der Waals surface area contributed by atoms with Crippen LogP contribution in [0.1, 0.15) is 19.5 Å². The minimum Gasteiger partial charge on any atom is -0.228 e. The Balaban J connectivity index is 2.20. The summed E-state index contributed by atoms with van der Waals surface area (Å²) in [5, 5.41) is 0. The molecule has 0 aliphatic rings. The van der Waals surface area contributed by atoms with Crippen molar-refractivity contribution in [3.8, 4) is 22.6 Å². The van der Waals surface area contributed by atoms with E-state index in [1.54, 1.807) is 0 Å². The fourth-order valence-electron chi connectivity index (χ4n) is 2.67. The lowest BCUT2D eigenvalue weighted by Gasteiger charge is -2.09. The number of nitrogens with zero attached hydrogens (tertiary/aromatic N) is 2. The van der Waals surface area contributed by atoms with Gasteiger partial charge in [-0.2, -0.15) is 0 Å². The van der Waals surface area contributed by atoms with Gasteiger partial charge in [-0.25, -0.2) is 9.97 Å². The van der Waals surface area contributed by atoms with Crippen LogP contribution in [0.25, 0.3) is 28.2 Å². The van der Waals surface area contributed by atoms with Crippen LogP contribution >= 0.6 is 0 Å². The highest BCUT2D eigenvalue weighted by molar-refractivity contribution is 5.77. The van der Waals surface area contributed by atoms with Crippen molar-refractivity contribution in [1.29, 1.82) is 0 Å². The number of benzene rings is 2. The van der Waals surface area contributed by atoms with E-state index in [0.717, 1.165) is 33.9 Å². The molecule has 0 radical (unpaired) electrons. The fraction of sp³-hybridized carbons (Fsp3) is 0.0833. The zero-order valence-electron chi connectivity index (χ0n) is 15.1. The van der Waals surface area contributed by atoms with Gasteiger partial charge in [0.05, 0.1) is 11.4 Å². The van der Waals surface area contributed by atoms with Crippen molar-refractivity contribution in [2.45, 2.75) is 13.8 Å². The number of hydrogen-bond acceptors (Lipinski definition) is 2. The first-order chi connectivity index (χ1) is 12.8. The van der Waals surface area contributed by atoms with E-state index < -0.39 is 0 Å². The van der Waals surface area contributed by atoms with Gasteiger partial charge in [0.15, 0.2) is 5.82 Å². The second-order valence-electron chi connectivity index (χ2n) is 5.84. The molecule has 1 aromatic heterocycles. The summed E-state index contributed by atoms with van der Waals surface area (Å²) in [6.45, 7) is 4.02. The number of rotatable bonds is 5. The van der Waals surface area contributed by atoms with Gasteiger partial charge in [0.1, 0.15) is 0 Å². The molecule has 0 fully saturated rings. The largest absolute Gasteiger partial charge is 0.228 e. The van der Waals surface area contributed by atoms with Gasteiger partial charge in [0, 0.05) is 11.1 Å². The zero-order valence-corrected chi connectivity index (χ0v) is 15.1. The highest BCUT2D eigenvalue weighted by Gasteiger charge is 2.10. The monoisotopic (exact) mass is 338 g/mol. The van der Waals surface area contributed by atoms with E-state index in [-0.39, 0.29) is 0 Å². The van der Waals surface area contributed by atoms with Gasteiger partial charge in [0.25, 0.3) is 0 Å². The molecular weight excluding hydrogens is 316 g/mol. The molecule has 0 amide bonds. The molecule has 0 N–H and O–H groups in total. The molecule has 128 valence electrons. The lowest BCUT2D eigenvalue weighted by molar-refractivity contribution is 1.16. The van der Waals surface area contributed by atoms with E-state index >= 15 is 0 Å². The minimum atomic E-state index is 0.734. The summed E-state index contributed by atoms with van der Waals surface area (Å²) in [7, 11) is 0. The molecule has 2 nitrogen and oxygen atoms in total. The van der Waals surface area contributed by atoms with Crippen LogP contribution in [-0.4, -0.2) is 9.97 Å². The van der Waals surface area contributed by atoms with Crippen LogP contribution < -0.4 is 0 Å². The SMILES string of the molecule is C\C=C/C=C(\C=C/C)c1cc(-c2ccccc2)nc(-c2ccccc2)n1. The maximum atomic E-state index is 4.84. The van der Waals surface area contributed by atoms with Crippen LogP contribution in [0.15, 0.2) is 97.1 Å². The molecule has 0 aliphatic carbocycles. The van der Waals surface area contributed by atoms with E-state index in [0.29, 0.717) is 0 Å². The van der Waals surface area contributed by atoms with E-state index in [1.165, 1.54) is 0 Å². The molecule has 0 atom stereocenters. The average molecular weight is 338 g/mol. The standard InChI is InChI=1S/C24H22N2/c1-3-5-13-19(12-4-2)22-18-23(20-14-8-6-9-15-20)26-24(25-22)21-16-10-7-11-17-21/h3-18H,1-2H3/b5-3-,12-4-,19-13+. The third-order valence-electron chi connectivity index (χ3n) is 3.94. The molecule has 3 aromatic rings. The Morgan fingerprint density at radius 3 is 2.04 bits per heavy atom. The number of aromatic nitrogens is 2. The van der Waals surface area contributed by atoms with Crippen LogP contribution in [0.3, 0.4) is 0 Å². The summed E-state index contributed by atoms with van der Waals surface area (Å²) in [6, 6.07) is 22.4. The van der Waals surface area contributed by atoms with Gasteiger partial charge < -0.3 is 0 Å². The third-order valence-corrected chi connectivity index (χ3v) is 3.94. The molecule has 1 heterocycles. The summed E-state index contributed by atoms with van der Waals surface area (Å²) in [5.74, 6) is 0.734. The Bertz CT molecular complexity index is 879. The molecule has 26 heavy (non-hydrogen) atoms. The van der Waals surface area contributed by atoms with Crippen molar-refractivity contribution in [2.24, 2.45) is 0 Å². The molecule has 0 unspecified atom stereocenters. The van der Waals surface area contributed by atoms with E-state index in [4.69, 9.17) is 9.97 Å². The van der Waals surface area contributed by atoms with Gasteiger partial charge in [-0.3, -0.25) is 0 Å². The van der Waals surface area contributed by atoms with Gasteiger partial charge in [-0.1, -0.05) is 91.0 Å². The molecule has 0 spiro atoms. The summed E-state index contributed by atoms with van der Waals surface area (Å²) in [6.07, 6.45) is 10.2. The lowest BCUT2D eigenvalue weighted by Crippen LogP contribution is -1.97. The maximum Gasteiger partial charge on any atom is 0.160 e. The predicted octanol–water partition coefficient (Wildman–Crippen LogP) is 6.35. The summed E-state index contributed by atoms with van der Waals surface area (Å²) in [5.41, 5.74) is 4.98. The first-order valence-corrected chi connectivity index (χ1v) is 8.78. The summed E-state index contributed by atoms with van der Waals surface area (Å²) >= 11 is 0. The van der Waals surface area contributed by atoms with Crippen LogP contribution in [0.5, 0.6) is 0 Å². The molecule has 2 heteroatoms. The second kappa shape index (κ2) is 8.72. The van der Waals surface area contributed by atoms with E-state index in [2.05, 4.69) is 30.4 Å². The van der Waals surface area contributed by atoms with Crippen LogP contribution in [0.4, 0.5) is 0 Å². The molecule has 2 aromatic carbocycles. The van der Waals surface area contributed by atoms with Crippen molar-refractivity contribution >= 4 is 5.57 Å². The molecule has 0 saturated heterocycles. The summed E-state index contributed by atoms with van der Waals surface area (Å²) in [4.78, 5) is 9.65. The van der Waals surface area contributed by atoms with Crippen LogP contribution in [-0.2, 0) is 0 Å². The number of hydrogen-bond donors (Lipinski definition) is 0. The Hall–Kier alpha value is -3.26. The van der Waals surface area contributed by atoms with Crippen molar-refractivity contribution in [3.05, 3.63) is 103 Å². The maximum absolute atomic E-state index is 4.84. The zero-order chi connectivity index (χ0) is 18.2. The Labute approximate surface area is 155 Å². The van der Waals surface area contributed by atoms with Crippen LogP contribution in [0, 0.1) is 0 Å². The predicted molar refractivity (Wildman–Crippen MR) is 111 cm³/mol. The van der Waals surface area contributed by atoms with E-state index in [1.807, 2.05) is 80.6 Å². The molecule has 0 aliphatic heterocycles. The van der Waals surface area contributed by atoms with Crippen molar-refractivity contribution in [3.63, 3.8) is 0 Å². The lowest BCUT2D eigenvalue weighted by atomic mass is 10.1. The molecule has 3 rings (SSSR count). The topological polar surface area (TPSA) is 25.8 Å². The Morgan fingerprint density at radius 2 is 1.42 bits per heavy atom. The summed E-state index contributed by atoms with van der Waals surface area (Å²) < 4.78 is 0. The fourth-order valence-corrected chi connectivity index (χ4v) is 2.67. The molecule has 0 saturated carbocycles. The quantitative estimate of drug-likeness (QED) is 0.507. The molecular formula is C24H22N2. The van der Waals surface area contributed by atoms with Crippen LogP contribution in [0.2, 0.25) is 0 Å². The second-order valence-corrected chi connectivity index (χ2v) is 5.84. The van der Waals surface area contributed by atoms with E-state index in [9.17, 15) is 0 Å².